The summed E-state index contributed by atoms with van der Waals surface area (Å²) in [5, 5.41) is 3.08. The van der Waals surface area contributed by atoms with E-state index in [1.807, 2.05) is 0 Å². The molecule has 1 atom stereocenters. The minimum Gasteiger partial charge on any atom is -0.496 e. The Morgan fingerprint density at radius 2 is 1.91 bits per heavy atom. The highest BCUT2D eigenvalue weighted by atomic mass is 35.5. The standard InChI is InChI=1S/C14H18F4N2O.ClH/c1-21-12-4-2-3-10(15)13(12)11(9-14(16,17)18)20-7-5-19-6-8-20;/h2-4,11,19H,5-9H2,1H3;1H/t11-;/m1./s1. The fourth-order valence-electron chi connectivity index (χ4n) is 2.65. The fraction of sp³-hybridized carbons (Fsp3) is 0.571. The van der Waals surface area contributed by atoms with Crippen LogP contribution in [0.15, 0.2) is 18.2 Å². The van der Waals surface area contributed by atoms with E-state index >= 15 is 0 Å². The zero-order valence-corrected chi connectivity index (χ0v) is 12.9. The van der Waals surface area contributed by atoms with E-state index in [-0.39, 0.29) is 23.7 Å². The number of ether oxygens (including phenoxy) is 1. The Labute approximate surface area is 133 Å². The van der Waals surface area contributed by atoms with Crippen LogP contribution in [0.2, 0.25) is 0 Å². The number of alkyl halides is 3. The van der Waals surface area contributed by atoms with Crippen LogP contribution >= 0.6 is 12.4 Å². The molecule has 0 bridgehead atoms. The molecule has 2 rings (SSSR count). The van der Waals surface area contributed by atoms with Gasteiger partial charge in [0.25, 0.3) is 0 Å². The molecule has 8 heteroatoms. The van der Waals surface area contributed by atoms with E-state index in [2.05, 4.69) is 5.32 Å². The van der Waals surface area contributed by atoms with E-state index in [4.69, 9.17) is 4.74 Å². The van der Waals surface area contributed by atoms with Crippen molar-refractivity contribution in [2.75, 3.05) is 33.3 Å². The molecule has 0 saturated carbocycles. The summed E-state index contributed by atoms with van der Waals surface area (Å²) in [6.07, 6.45) is -5.47. The van der Waals surface area contributed by atoms with E-state index in [9.17, 15) is 17.6 Å². The third-order valence-corrected chi connectivity index (χ3v) is 3.58. The summed E-state index contributed by atoms with van der Waals surface area (Å²) < 4.78 is 57.9. The highest BCUT2D eigenvalue weighted by Gasteiger charge is 2.38. The molecule has 0 aromatic heterocycles. The monoisotopic (exact) mass is 342 g/mol. The predicted octanol–water partition coefficient (Wildman–Crippen LogP) is 3.15. The number of rotatable bonds is 4. The summed E-state index contributed by atoms with van der Waals surface area (Å²) in [6.45, 7) is 2.06. The molecule has 1 N–H and O–H groups in total. The van der Waals surface area contributed by atoms with Crippen molar-refractivity contribution in [2.45, 2.75) is 18.6 Å². The van der Waals surface area contributed by atoms with Crippen LogP contribution in [0.25, 0.3) is 0 Å². The largest absolute Gasteiger partial charge is 0.496 e. The van der Waals surface area contributed by atoms with Crippen molar-refractivity contribution < 1.29 is 22.3 Å². The van der Waals surface area contributed by atoms with E-state index in [0.29, 0.717) is 26.2 Å². The lowest BCUT2D eigenvalue weighted by molar-refractivity contribution is -0.149. The number of nitrogens with one attached hydrogen (secondary N) is 1. The van der Waals surface area contributed by atoms with Crippen LogP contribution in [-0.2, 0) is 0 Å². The van der Waals surface area contributed by atoms with Crippen LogP contribution in [0.3, 0.4) is 0 Å². The molecule has 3 nitrogen and oxygen atoms in total. The predicted molar refractivity (Wildman–Crippen MR) is 78.1 cm³/mol. The number of halogens is 5. The van der Waals surface area contributed by atoms with Gasteiger partial charge in [-0.05, 0) is 12.1 Å². The summed E-state index contributed by atoms with van der Waals surface area (Å²) in [7, 11) is 1.33. The van der Waals surface area contributed by atoms with Crippen LogP contribution in [0.1, 0.15) is 18.0 Å². The van der Waals surface area contributed by atoms with Crippen molar-refractivity contribution in [1.29, 1.82) is 0 Å². The molecule has 1 aliphatic rings. The summed E-state index contributed by atoms with van der Waals surface area (Å²) >= 11 is 0. The topological polar surface area (TPSA) is 24.5 Å². The lowest BCUT2D eigenvalue weighted by Gasteiger charge is -2.36. The van der Waals surface area contributed by atoms with E-state index in [1.54, 1.807) is 4.90 Å². The summed E-state index contributed by atoms with van der Waals surface area (Å²) in [4.78, 5) is 1.66. The van der Waals surface area contributed by atoms with E-state index < -0.39 is 24.5 Å². The molecule has 1 aromatic rings. The third kappa shape index (κ3) is 4.72. The van der Waals surface area contributed by atoms with Gasteiger partial charge in [0.1, 0.15) is 11.6 Å². The normalized spacial score (nSPS) is 17.7. The zero-order valence-electron chi connectivity index (χ0n) is 12.1. The molecule has 0 unspecified atom stereocenters. The first-order valence-corrected chi connectivity index (χ1v) is 6.76. The van der Waals surface area contributed by atoms with Gasteiger partial charge in [-0.25, -0.2) is 4.39 Å². The Kier molecular flexibility index (Phi) is 6.90. The van der Waals surface area contributed by atoms with Gasteiger partial charge in [0.05, 0.1) is 19.6 Å². The van der Waals surface area contributed by atoms with E-state index in [1.165, 1.54) is 25.3 Å². The highest BCUT2D eigenvalue weighted by molar-refractivity contribution is 5.85. The highest BCUT2D eigenvalue weighted by Crippen LogP contribution is 2.39. The smallest absolute Gasteiger partial charge is 0.390 e. The van der Waals surface area contributed by atoms with Gasteiger partial charge in [-0.15, -0.1) is 12.4 Å². The van der Waals surface area contributed by atoms with Gasteiger partial charge < -0.3 is 10.1 Å². The maximum atomic E-state index is 14.1. The maximum Gasteiger partial charge on any atom is 0.390 e. The lowest BCUT2D eigenvalue weighted by atomic mass is 9.99. The number of nitrogens with zero attached hydrogens (tertiary/aromatic N) is 1. The van der Waals surface area contributed by atoms with Gasteiger partial charge in [0.15, 0.2) is 0 Å². The molecular formula is C14H19ClF4N2O. The Hall–Kier alpha value is -1.05. The van der Waals surface area contributed by atoms with Crippen LogP contribution in [0, 0.1) is 5.82 Å². The molecule has 0 aliphatic carbocycles. The molecule has 1 saturated heterocycles. The third-order valence-electron chi connectivity index (χ3n) is 3.58. The second-order valence-corrected chi connectivity index (χ2v) is 4.98. The first kappa shape index (κ1) is 19.0. The molecule has 1 aliphatic heterocycles. The van der Waals surface area contributed by atoms with Gasteiger partial charge in [-0.2, -0.15) is 13.2 Å². The van der Waals surface area contributed by atoms with Crippen molar-refractivity contribution in [2.24, 2.45) is 0 Å². The fourth-order valence-corrected chi connectivity index (χ4v) is 2.65. The second kappa shape index (κ2) is 7.99. The Bertz CT molecular complexity index is 478. The molecule has 0 radical (unpaired) electrons. The number of benzene rings is 1. The van der Waals surface area contributed by atoms with Crippen molar-refractivity contribution in [3.63, 3.8) is 0 Å². The summed E-state index contributed by atoms with van der Waals surface area (Å²) in [6, 6.07) is 3.02. The minimum atomic E-state index is -4.37. The number of hydrogen-bond donors (Lipinski definition) is 1. The van der Waals surface area contributed by atoms with E-state index in [0.717, 1.165) is 0 Å². The first-order chi connectivity index (χ1) is 9.92. The zero-order chi connectivity index (χ0) is 15.5. The minimum absolute atomic E-state index is 0. The van der Waals surface area contributed by atoms with Crippen molar-refractivity contribution in [3.05, 3.63) is 29.6 Å². The molecule has 0 amide bonds. The van der Waals surface area contributed by atoms with Gasteiger partial charge >= 0.3 is 6.18 Å². The molecule has 22 heavy (non-hydrogen) atoms. The quantitative estimate of drug-likeness (QED) is 0.851. The maximum absolute atomic E-state index is 14.1. The Balaban J connectivity index is 0.00000242. The average molecular weight is 343 g/mol. The average Bonchev–Trinajstić information content (AvgIpc) is 2.45. The van der Waals surface area contributed by atoms with Crippen molar-refractivity contribution in [3.8, 4) is 5.75 Å². The second-order valence-electron chi connectivity index (χ2n) is 4.98. The van der Waals surface area contributed by atoms with Gasteiger partial charge in [0.2, 0.25) is 0 Å². The molecule has 0 spiro atoms. The molecular weight excluding hydrogens is 324 g/mol. The van der Waals surface area contributed by atoms with Crippen LogP contribution < -0.4 is 10.1 Å². The first-order valence-electron chi connectivity index (χ1n) is 6.76. The Morgan fingerprint density at radius 1 is 1.27 bits per heavy atom. The van der Waals surface area contributed by atoms with Crippen LogP contribution in [0.5, 0.6) is 5.75 Å². The van der Waals surface area contributed by atoms with Gasteiger partial charge in [-0.1, -0.05) is 6.07 Å². The lowest BCUT2D eigenvalue weighted by Crippen LogP contribution is -2.46. The summed E-state index contributed by atoms with van der Waals surface area (Å²) in [5.74, 6) is -0.509. The molecule has 1 fully saturated rings. The van der Waals surface area contributed by atoms with Gasteiger partial charge in [-0.3, -0.25) is 4.90 Å². The van der Waals surface area contributed by atoms with Crippen LogP contribution in [0.4, 0.5) is 17.6 Å². The number of piperazine rings is 1. The van der Waals surface area contributed by atoms with Crippen molar-refractivity contribution in [1.82, 2.24) is 10.2 Å². The van der Waals surface area contributed by atoms with Crippen LogP contribution in [-0.4, -0.2) is 44.4 Å². The van der Waals surface area contributed by atoms with Crippen molar-refractivity contribution >= 4 is 12.4 Å². The number of hydrogen-bond acceptors (Lipinski definition) is 3. The Morgan fingerprint density at radius 3 is 2.45 bits per heavy atom. The molecule has 1 aromatic carbocycles. The van der Waals surface area contributed by atoms with Gasteiger partial charge in [0, 0.05) is 31.7 Å². The SMILES string of the molecule is COc1cccc(F)c1[C@@H](CC(F)(F)F)N1CCNCC1.Cl. The number of methoxy groups -OCH3 is 1. The summed E-state index contributed by atoms with van der Waals surface area (Å²) in [5.41, 5.74) is -0.0146. The molecule has 126 valence electrons. The molecule has 1 heterocycles.